The standard InChI is InChI=1S/C21H24N2O/c1-22-13-12-19-10-8-17(14-20(19)16-22)9-11-21(24)23(2)15-18-6-4-3-5-7-18/h3-11,14H,12-13,15-16H2,1-2H3/b11-9+. The molecular weight excluding hydrogens is 296 g/mol. The number of hydrogen-bond acceptors (Lipinski definition) is 2. The van der Waals surface area contributed by atoms with Crippen LogP contribution in [-0.4, -0.2) is 36.3 Å². The van der Waals surface area contributed by atoms with E-state index < -0.39 is 0 Å². The van der Waals surface area contributed by atoms with Crippen molar-refractivity contribution in [2.75, 3.05) is 20.6 Å². The molecule has 0 spiro atoms. The van der Waals surface area contributed by atoms with Crippen LogP contribution in [0.2, 0.25) is 0 Å². The quantitative estimate of drug-likeness (QED) is 0.807. The first kappa shape index (κ1) is 16.5. The molecule has 2 aromatic rings. The molecule has 0 saturated heterocycles. The first-order valence-corrected chi connectivity index (χ1v) is 8.39. The fourth-order valence-electron chi connectivity index (χ4n) is 3.05. The summed E-state index contributed by atoms with van der Waals surface area (Å²) < 4.78 is 0. The summed E-state index contributed by atoms with van der Waals surface area (Å²) >= 11 is 0. The fraction of sp³-hybridized carbons (Fsp3) is 0.286. The molecule has 2 aromatic carbocycles. The number of carbonyl (C=O) groups excluding carboxylic acids is 1. The van der Waals surface area contributed by atoms with Gasteiger partial charge in [0.1, 0.15) is 0 Å². The third-order valence-corrected chi connectivity index (χ3v) is 4.49. The number of amides is 1. The summed E-state index contributed by atoms with van der Waals surface area (Å²) in [7, 11) is 3.98. The lowest BCUT2D eigenvalue weighted by molar-refractivity contribution is -0.125. The normalized spacial score (nSPS) is 14.6. The maximum Gasteiger partial charge on any atom is 0.246 e. The van der Waals surface area contributed by atoms with Gasteiger partial charge in [0.2, 0.25) is 5.91 Å². The minimum absolute atomic E-state index is 0.0219. The highest BCUT2D eigenvalue weighted by Crippen LogP contribution is 2.20. The van der Waals surface area contributed by atoms with E-state index in [4.69, 9.17) is 0 Å². The van der Waals surface area contributed by atoms with Crippen molar-refractivity contribution in [3.8, 4) is 0 Å². The molecule has 1 aliphatic rings. The second-order valence-corrected chi connectivity index (χ2v) is 6.53. The highest BCUT2D eigenvalue weighted by molar-refractivity contribution is 5.91. The van der Waals surface area contributed by atoms with E-state index in [1.54, 1.807) is 11.0 Å². The predicted octanol–water partition coefficient (Wildman–Crippen LogP) is 3.35. The van der Waals surface area contributed by atoms with Gasteiger partial charge in [0, 0.05) is 32.8 Å². The molecule has 0 radical (unpaired) electrons. The lowest BCUT2D eigenvalue weighted by Crippen LogP contribution is -2.26. The number of likely N-dealkylation sites (N-methyl/N-ethyl adjacent to an activating group) is 2. The van der Waals surface area contributed by atoms with E-state index in [-0.39, 0.29) is 5.91 Å². The van der Waals surface area contributed by atoms with Gasteiger partial charge in [-0.3, -0.25) is 4.79 Å². The third kappa shape index (κ3) is 4.12. The molecule has 3 rings (SSSR count). The SMILES string of the molecule is CN1CCc2ccc(/C=C/C(=O)N(C)Cc3ccccc3)cc2C1. The molecule has 124 valence electrons. The Kier molecular flexibility index (Phi) is 5.11. The number of nitrogens with zero attached hydrogens (tertiary/aromatic N) is 2. The molecule has 0 fully saturated rings. The fourth-order valence-corrected chi connectivity index (χ4v) is 3.05. The topological polar surface area (TPSA) is 23.6 Å². The van der Waals surface area contributed by atoms with Gasteiger partial charge in [-0.05, 0) is 41.8 Å². The number of benzene rings is 2. The van der Waals surface area contributed by atoms with Gasteiger partial charge >= 0.3 is 0 Å². The molecule has 0 aromatic heterocycles. The molecule has 24 heavy (non-hydrogen) atoms. The van der Waals surface area contributed by atoms with Gasteiger partial charge in [0.25, 0.3) is 0 Å². The highest BCUT2D eigenvalue weighted by Gasteiger charge is 2.12. The average Bonchev–Trinajstić information content (AvgIpc) is 2.60. The molecule has 1 heterocycles. The third-order valence-electron chi connectivity index (χ3n) is 4.49. The molecule has 3 heteroatoms. The van der Waals surface area contributed by atoms with Crippen LogP contribution < -0.4 is 0 Å². The van der Waals surface area contributed by atoms with Crippen LogP contribution in [-0.2, 0) is 24.3 Å². The van der Waals surface area contributed by atoms with Gasteiger partial charge in [-0.2, -0.15) is 0 Å². The van der Waals surface area contributed by atoms with Gasteiger partial charge in [-0.25, -0.2) is 0 Å². The van der Waals surface area contributed by atoms with Crippen LogP contribution in [0, 0.1) is 0 Å². The van der Waals surface area contributed by atoms with Crippen LogP contribution in [0.25, 0.3) is 6.08 Å². The van der Waals surface area contributed by atoms with Crippen molar-refractivity contribution in [3.63, 3.8) is 0 Å². The summed E-state index contributed by atoms with van der Waals surface area (Å²) in [6.07, 6.45) is 4.69. The number of fused-ring (bicyclic) bond motifs is 1. The molecule has 0 saturated carbocycles. The molecule has 0 bridgehead atoms. The summed E-state index contributed by atoms with van der Waals surface area (Å²) in [5.74, 6) is 0.0219. The van der Waals surface area contributed by atoms with Crippen LogP contribution in [0.5, 0.6) is 0 Å². The van der Waals surface area contributed by atoms with Crippen molar-refractivity contribution in [1.82, 2.24) is 9.80 Å². The Morgan fingerprint density at radius 1 is 1.17 bits per heavy atom. The van der Waals surface area contributed by atoms with Gasteiger partial charge in [0.15, 0.2) is 0 Å². The smallest absolute Gasteiger partial charge is 0.246 e. The summed E-state index contributed by atoms with van der Waals surface area (Å²) in [6, 6.07) is 16.5. The van der Waals surface area contributed by atoms with Crippen LogP contribution in [0.3, 0.4) is 0 Å². The molecule has 1 aliphatic heterocycles. The minimum atomic E-state index is 0.0219. The Morgan fingerprint density at radius 3 is 2.75 bits per heavy atom. The van der Waals surface area contributed by atoms with E-state index in [0.717, 1.165) is 30.6 Å². The summed E-state index contributed by atoms with van der Waals surface area (Å²) in [5.41, 5.74) is 5.03. The Labute approximate surface area is 144 Å². The van der Waals surface area contributed by atoms with E-state index in [0.29, 0.717) is 6.54 Å². The van der Waals surface area contributed by atoms with E-state index in [2.05, 4.69) is 30.1 Å². The summed E-state index contributed by atoms with van der Waals surface area (Å²) in [5, 5.41) is 0. The second kappa shape index (κ2) is 7.45. The van der Waals surface area contributed by atoms with Gasteiger partial charge < -0.3 is 9.80 Å². The van der Waals surface area contributed by atoms with E-state index in [1.165, 1.54) is 11.1 Å². The van der Waals surface area contributed by atoms with Gasteiger partial charge in [0.05, 0.1) is 0 Å². The Bertz CT molecular complexity index is 737. The minimum Gasteiger partial charge on any atom is -0.338 e. The van der Waals surface area contributed by atoms with Crippen molar-refractivity contribution in [2.45, 2.75) is 19.5 Å². The van der Waals surface area contributed by atoms with Gasteiger partial charge in [-0.1, -0.05) is 48.5 Å². The Balaban J connectivity index is 1.64. The van der Waals surface area contributed by atoms with Crippen molar-refractivity contribution in [1.29, 1.82) is 0 Å². The highest BCUT2D eigenvalue weighted by atomic mass is 16.2. The van der Waals surface area contributed by atoms with Gasteiger partial charge in [-0.15, -0.1) is 0 Å². The molecule has 1 amide bonds. The van der Waals surface area contributed by atoms with Crippen LogP contribution in [0.1, 0.15) is 22.3 Å². The second-order valence-electron chi connectivity index (χ2n) is 6.53. The maximum atomic E-state index is 12.3. The monoisotopic (exact) mass is 320 g/mol. The molecule has 0 aliphatic carbocycles. The zero-order chi connectivity index (χ0) is 16.9. The first-order valence-electron chi connectivity index (χ1n) is 8.39. The lowest BCUT2D eigenvalue weighted by Gasteiger charge is -2.25. The summed E-state index contributed by atoms with van der Waals surface area (Å²) in [6.45, 7) is 2.73. The molecule has 3 nitrogen and oxygen atoms in total. The van der Waals surface area contributed by atoms with Crippen molar-refractivity contribution in [3.05, 3.63) is 76.9 Å². The maximum absolute atomic E-state index is 12.3. The molecular formula is C21H24N2O. The summed E-state index contributed by atoms with van der Waals surface area (Å²) in [4.78, 5) is 16.4. The van der Waals surface area contributed by atoms with Crippen molar-refractivity contribution >= 4 is 12.0 Å². The molecule has 0 unspecified atom stereocenters. The number of rotatable bonds is 4. The van der Waals surface area contributed by atoms with E-state index >= 15 is 0 Å². The predicted molar refractivity (Wildman–Crippen MR) is 98.4 cm³/mol. The number of hydrogen-bond donors (Lipinski definition) is 0. The van der Waals surface area contributed by atoms with E-state index in [9.17, 15) is 4.79 Å². The van der Waals surface area contributed by atoms with Crippen LogP contribution in [0.4, 0.5) is 0 Å². The van der Waals surface area contributed by atoms with E-state index in [1.807, 2.05) is 43.5 Å². The largest absolute Gasteiger partial charge is 0.338 e. The zero-order valence-corrected chi connectivity index (χ0v) is 14.4. The first-order chi connectivity index (χ1) is 11.6. The van der Waals surface area contributed by atoms with Crippen molar-refractivity contribution in [2.24, 2.45) is 0 Å². The lowest BCUT2D eigenvalue weighted by atomic mass is 9.97. The van der Waals surface area contributed by atoms with Crippen molar-refractivity contribution < 1.29 is 4.79 Å². The molecule has 0 N–H and O–H groups in total. The average molecular weight is 320 g/mol. The van der Waals surface area contributed by atoms with Crippen LogP contribution in [0.15, 0.2) is 54.6 Å². The number of carbonyl (C=O) groups is 1. The molecule has 0 atom stereocenters. The zero-order valence-electron chi connectivity index (χ0n) is 14.4. The van der Waals surface area contributed by atoms with Crippen LogP contribution >= 0.6 is 0 Å². The Morgan fingerprint density at radius 2 is 1.96 bits per heavy atom. The Hall–Kier alpha value is -2.39.